The van der Waals surface area contributed by atoms with Crippen LogP contribution in [-0.2, 0) is 4.79 Å². The summed E-state index contributed by atoms with van der Waals surface area (Å²) in [6.07, 6.45) is 1.83. The molecule has 1 fully saturated rings. The maximum atomic E-state index is 11.9. The molecule has 0 aliphatic carbocycles. The Labute approximate surface area is 126 Å². The van der Waals surface area contributed by atoms with Gasteiger partial charge in [-0.1, -0.05) is 30.3 Å². The van der Waals surface area contributed by atoms with Crippen LogP contribution in [0.1, 0.15) is 5.56 Å². The van der Waals surface area contributed by atoms with Crippen LogP contribution in [-0.4, -0.2) is 16.2 Å². The first kappa shape index (κ1) is 13.5. The van der Waals surface area contributed by atoms with E-state index < -0.39 is 0 Å². The van der Waals surface area contributed by atoms with E-state index in [2.05, 4.69) is 10.3 Å². The first-order chi connectivity index (χ1) is 10.2. The fraction of sp³-hybridized carbons (Fsp3) is 0. The number of hydrogen-bond acceptors (Lipinski definition) is 4. The second kappa shape index (κ2) is 5.85. The molecule has 0 unspecified atom stereocenters. The Morgan fingerprint density at radius 3 is 2.48 bits per heavy atom. The number of amides is 1. The molecule has 0 radical (unpaired) electrons. The maximum Gasteiger partial charge on any atom is 0.264 e. The first-order valence-corrected chi connectivity index (χ1v) is 7.16. The minimum absolute atomic E-state index is 0.151. The number of nitrogens with zero attached hydrogens (tertiary/aromatic N) is 1. The lowest BCUT2D eigenvalue weighted by atomic mass is 10.2. The Morgan fingerprint density at radius 2 is 1.76 bits per heavy atom. The maximum absolute atomic E-state index is 11.9. The summed E-state index contributed by atoms with van der Waals surface area (Å²) in [5, 5.41) is 12.5. The number of phenolic OH excluding ortho intramolecular Hbond substituents is 1. The Balaban J connectivity index is 1.81. The Kier molecular flexibility index (Phi) is 3.75. The van der Waals surface area contributed by atoms with Crippen molar-refractivity contribution in [2.75, 3.05) is 0 Å². The van der Waals surface area contributed by atoms with Crippen LogP contribution in [0.2, 0.25) is 0 Å². The molecule has 2 aromatic rings. The van der Waals surface area contributed by atoms with Gasteiger partial charge in [-0.3, -0.25) is 4.79 Å². The third kappa shape index (κ3) is 3.32. The lowest BCUT2D eigenvalue weighted by Gasteiger charge is -1.96. The molecule has 2 aromatic carbocycles. The highest BCUT2D eigenvalue weighted by atomic mass is 32.2. The van der Waals surface area contributed by atoms with Crippen molar-refractivity contribution >= 4 is 34.6 Å². The summed E-state index contributed by atoms with van der Waals surface area (Å²) in [6.45, 7) is 0. The Bertz CT molecular complexity index is 722. The molecular weight excluding hydrogens is 284 g/mol. The summed E-state index contributed by atoms with van der Waals surface area (Å²) in [4.78, 5) is 16.9. The molecular formula is C16H12N2O2S. The highest BCUT2D eigenvalue weighted by Gasteiger charge is 2.23. The van der Waals surface area contributed by atoms with Gasteiger partial charge >= 0.3 is 0 Å². The van der Waals surface area contributed by atoms with Gasteiger partial charge in [0.05, 0.1) is 10.6 Å². The molecule has 1 aliphatic rings. The molecule has 0 atom stereocenters. The summed E-state index contributed by atoms with van der Waals surface area (Å²) < 4.78 is 0. The highest BCUT2D eigenvalue weighted by Crippen LogP contribution is 2.28. The van der Waals surface area contributed by atoms with E-state index in [-0.39, 0.29) is 11.7 Å². The predicted molar refractivity (Wildman–Crippen MR) is 85.4 cm³/mol. The van der Waals surface area contributed by atoms with Crippen molar-refractivity contribution in [2.24, 2.45) is 4.99 Å². The molecule has 1 amide bonds. The van der Waals surface area contributed by atoms with Gasteiger partial charge in [0, 0.05) is 0 Å². The smallest absolute Gasteiger partial charge is 0.264 e. The third-order valence-electron chi connectivity index (χ3n) is 2.83. The number of hydrogen-bond donors (Lipinski definition) is 2. The predicted octanol–water partition coefficient (Wildman–Crippen LogP) is 3.28. The number of nitrogens with one attached hydrogen (secondary N) is 1. The van der Waals surface area contributed by atoms with Gasteiger partial charge in [-0.15, -0.1) is 0 Å². The van der Waals surface area contributed by atoms with Gasteiger partial charge in [-0.25, -0.2) is 4.99 Å². The van der Waals surface area contributed by atoms with Crippen LogP contribution in [0, 0.1) is 0 Å². The fourth-order valence-corrected chi connectivity index (χ4v) is 2.67. The van der Waals surface area contributed by atoms with Crippen LogP contribution in [0.15, 0.2) is 64.5 Å². The molecule has 2 N–H and O–H groups in total. The molecule has 1 saturated heterocycles. The van der Waals surface area contributed by atoms with Crippen LogP contribution >= 0.6 is 11.8 Å². The molecule has 0 spiro atoms. The van der Waals surface area contributed by atoms with Crippen molar-refractivity contribution < 1.29 is 9.90 Å². The largest absolute Gasteiger partial charge is 0.508 e. The monoisotopic (exact) mass is 296 g/mol. The van der Waals surface area contributed by atoms with Crippen molar-refractivity contribution in [1.29, 1.82) is 0 Å². The zero-order valence-corrected chi connectivity index (χ0v) is 11.8. The van der Waals surface area contributed by atoms with Crippen molar-refractivity contribution in [3.8, 4) is 5.75 Å². The van der Waals surface area contributed by atoms with Gasteiger partial charge in [-0.05, 0) is 47.7 Å². The van der Waals surface area contributed by atoms with Gasteiger partial charge in [0.2, 0.25) is 0 Å². The summed E-state index contributed by atoms with van der Waals surface area (Å²) in [5.74, 6) is 0.0353. The lowest BCUT2D eigenvalue weighted by Crippen LogP contribution is -2.19. The van der Waals surface area contributed by atoms with Crippen LogP contribution in [0.25, 0.3) is 6.08 Å². The van der Waals surface area contributed by atoms with Gasteiger partial charge in [0.15, 0.2) is 5.17 Å². The number of thioether (sulfide) groups is 1. The number of benzene rings is 2. The van der Waals surface area contributed by atoms with Gasteiger partial charge in [-0.2, -0.15) is 0 Å². The van der Waals surface area contributed by atoms with Crippen LogP contribution < -0.4 is 5.32 Å². The summed E-state index contributed by atoms with van der Waals surface area (Å²) >= 11 is 1.30. The summed E-state index contributed by atoms with van der Waals surface area (Å²) in [6, 6.07) is 16.2. The molecule has 0 saturated carbocycles. The van der Waals surface area contributed by atoms with E-state index in [4.69, 9.17) is 0 Å². The first-order valence-electron chi connectivity index (χ1n) is 6.34. The zero-order valence-electron chi connectivity index (χ0n) is 11.0. The van der Waals surface area contributed by atoms with E-state index in [1.54, 1.807) is 24.3 Å². The topological polar surface area (TPSA) is 61.7 Å². The van der Waals surface area contributed by atoms with Crippen molar-refractivity contribution in [2.45, 2.75) is 0 Å². The van der Waals surface area contributed by atoms with Gasteiger partial charge in [0.25, 0.3) is 5.91 Å². The van der Waals surface area contributed by atoms with E-state index in [1.165, 1.54) is 11.8 Å². The third-order valence-corrected chi connectivity index (χ3v) is 3.74. The zero-order chi connectivity index (χ0) is 14.7. The van der Waals surface area contributed by atoms with E-state index in [0.717, 1.165) is 5.56 Å². The molecule has 0 bridgehead atoms. The van der Waals surface area contributed by atoms with Crippen molar-refractivity contribution in [3.05, 3.63) is 65.1 Å². The fourth-order valence-electron chi connectivity index (χ4n) is 1.83. The molecule has 21 heavy (non-hydrogen) atoms. The highest BCUT2D eigenvalue weighted by molar-refractivity contribution is 8.18. The number of rotatable bonds is 2. The SMILES string of the molecule is O=C1NC(=Nc2ccc(O)cc2)S/C1=C/c1ccccc1. The molecule has 0 aromatic heterocycles. The standard InChI is InChI=1S/C16H12N2O2S/c19-13-8-6-12(7-9-13)17-16-18-15(20)14(21-16)10-11-4-2-1-3-5-11/h1-10,19H,(H,17,18,20)/b14-10+. The number of aliphatic imine (C=N–C) groups is 1. The van der Waals surface area contributed by atoms with Crippen LogP contribution in [0.3, 0.4) is 0 Å². The number of aromatic hydroxyl groups is 1. The molecule has 1 aliphatic heterocycles. The van der Waals surface area contributed by atoms with Crippen LogP contribution in [0.4, 0.5) is 5.69 Å². The average Bonchev–Trinajstić information content (AvgIpc) is 2.82. The number of phenols is 1. The van der Waals surface area contributed by atoms with Gasteiger partial charge < -0.3 is 10.4 Å². The van der Waals surface area contributed by atoms with Gasteiger partial charge in [0.1, 0.15) is 5.75 Å². The Hall–Kier alpha value is -2.53. The second-order valence-corrected chi connectivity index (χ2v) is 5.44. The number of carbonyl (C=O) groups excluding carboxylic acids is 1. The van der Waals surface area contributed by atoms with E-state index in [0.29, 0.717) is 15.8 Å². The number of carbonyl (C=O) groups is 1. The van der Waals surface area contributed by atoms with E-state index in [9.17, 15) is 9.90 Å². The second-order valence-electron chi connectivity index (χ2n) is 4.41. The molecule has 1 heterocycles. The van der Waals surface area contributed by atoms with Crippen molar-refractivity contribution in [1.82, 2.24) is 5.32 Å². The molecule has 4 nitrogen and oxygen atoms in total. The van der Waals surface area contributed by atoms with E-state index >= 15 is 0 Å². The number of amidine groups is 1. The quantitative estimate of drug-likeness (QED) is 0.836. The minimum Gasteiger partial charge on any atom is -0.508 e. The molecule has 104 valence electrons. The van der Waals surface area contributed by atoms with Crippen molar-refractivity contribution in [3.63, 3.8) is 0 Å². The summed E-state index contributed by atoms with van der Waals surface area (Å²) in [5.41, 5.74) is 1.65. The average molecular weight is 296 g/mol. The minimum atomic E-state index is -0.151. The van der Waals surface area contributed by atoms with E-state index in [1.807, 2.05) is 36.4 Å². The van der Waals surface area contributed by atoms with Crippen LogP contribution in [0.5, 0.6) is 5.75 Å². The normalized spacial score (nSPS) is 18.2. The summed E-state index contributed by atoms with van der Waals surface area (Å²) in [7, 11) is 0. The Morgan fingerprint density at radius 1 is 1.05 bits per heavy atom. The molecule has 3 rings (SSSR count). The molecule has 5 heteroatoms. The lowest BCUT2D eigenvalue weighted by molar-refractivity contribution is -0.115.